The van der Waals surface area contributed by atoms with E-state index in [0.29, 0.717) is 12.2 Å². The predicted octanol–water partition coefficient (Wildman–Crippen LogP) is 2.59. The van der Waals surface area contributed by atoms with E-state index in [1.807, 2.05) is 42.5 Å². The van der Waals surface area contributed by atoms with Crippen LogP contribution in [-0.2, 0) is 6.54 Å². The van der Waals surface area contributed by atoms with Crippen LogP contribution in [0.1, 0.15) is 5.56 Å². The summed E-state index contributed by atoms with van der Waals surface area (Å²) in [6.07, 6.45) is 6.76. The molecule has 2 aromatic heterocycles. The van der Waals surface area contributed by atoms with Crippen molar-refractivity contribution in [3.63, 3.8) is 0 Å². The van der Waals surface area contributed by atoms with Crippen molar-refractivity contribution in [1.82, 2.24) is 20.1 Å². The van der Waals surface area contributed by atoms with E-state index in [4.69, 9.17) is 0 Å². The SMILES string of the molecule is O=C(NCc1ccncc1)Nc1cnn(-c2ccccc2)c1. The molecule has 0 radical (unpaired) electrons. The van der Waals surface area contributed by atoms with Crippen LogP contribution in [0.4, 0.5) is 10.5 Å². The van der Waals surface area contributed by atoms with Crippen LogP contribution < -0.4 is 10.6 Å². The van der Waals surface area contributed by atoms with E-state index in [1.54, 1.807) is 29.5 Å². The normalized spacial score (nSPS) is 10.2. The number of rotatable bonds is 4. The largest absolute Gasteiger partial charge is 0.334 e. The second kappa shape index (κ2) is 6.53. The molecular weight excluding hydrogens is 278 g/mol. The highest BCUT2D eigenvalue weighted by Crippen LogP contribution is 2.11. The minimum absolute atomic E-state index is 0.274. The van der Waals surface area contributed by atoms with Crippen molar-refractivity contribution in [1.29, 1.82) is 0 Å². The molecule has 0 unspecified atom stereocenters. The fourth-order valence-electron chi connectivity index (χ4n) is 1.97. The summed E-state index contributed by atoms with van der Waals surface area (Å²) in [6.45, 7) is 0.446. The molecule has 0 spiro atoms. The fourth-order valence-corrected chi connectivity index (χ4v) is 1.97. The molecule has 3 aromatic rings. The first kappa shape index (κ1) is 13.8. The van der Waals surface area contributed by atoms with E-state index in [9.17, 15) is 4.79 Å². The lowest BCUT2D eigenvalue weighted by molar-refractivity contribution is 0.251. The summed E-state index contributed by atoms with van der Waals surface area (Å²) in [6, 6.07) is 13.1. The van der Waals surface area contributed by atoms with Gasteiger partial charge in [0.1, 0.15) is 0 Å². The second-order valence-electron chi connectivity index (χ2n) is 4.67. The maximum Gasteiger partial charge on any atom is 0.319 e. The van der Waals surface area contributed by atoms with Crippen LogP contribution in [0, 0.1) is 0 Å². The molecule has 2 heterocycles. The van der Waals surface area contributed by atoms with Crippen molar-refractivity contribution in [2.45, 2.75) is 6.54 Å². The van der Waals surface area contributed by atoms with Gasteiger partial charge in [0.05, 0.1) is 23.8 Å². The van der Waals surface area contributed by atoms with Crippen LogP contribution in [0.5, 0.6) is 0 Å². The van der Waals surface area contributed by atoms with Crippen molar-refractivity contribution >= 4 is 11.7 Å². The number of pyridine rings is 1. The van der Waals surface area contributed by atoms with Crippen LogP contribution in [0.25, 0.3) is 5.69 Å². The molecule has 110 valence electrons. The maximum absolute atomic E-state index is 11.9. The number of anilines is 1. The number of carbonyl (C=O) groups is 1. The van der Waals surface area contributed by atoms with Gasteiger partial charge in [-0.05, 0) is 29.8 Å². The van der Waals surface area contributed by atoms with E-state index in [-0.39, 0.29) is 6.03 Å². The molecule has 1 aromatic carbocycles. The molecule has 0 saturated carbocycles. The molecule has 22 heavy (non-hydrogen) atoms. The lowest BCUT2D eigenvalue weighted by Crippen LogP contribution is -2.27. The molecule has 2 N–H and O–H groups in total. The van der Waals surface area contributed by atoms with E-state index in [2.05, 4.69) is 20.7 Å². The fraction of sp³-hybridized carbons (Fsp3) is 0.0625. The van der Waals surface area contributed by atoms with Gasteiger partial charge >= 0.3 is 6.03 Å². The summed E-state index contributed by atoms with van der Waals surface area (Å²) in [7, 11) is 0. The van der Waals surface area contributed by atoms with Gasteiger partial charge in [0.2, 0.25) is 0 Å². The number of para-hydroxylation sites is 1. The minimum atomic E-state index is -0.274. The van der Waals surface area contributed by atoms with Crippen LogP contribution in [0.2, 0.25) is 0 Å². The molecule has 0 saturated heterocycles. The Labute approximate surface area is 127 Å². The maximum atomic E-state index is 11.9. The van der Waals surface area contributed by atoms with Gasteiger partial charge in [-0.2, -0.15) is 5.10 Å². The van der Waals surface area contributed by atoms with Crippen molar-refractivity contribution in [2.75, 3.05) is 5.32 Å². The lowest BCUT2D eigenvalue weighted by Gasteiger charge is -2.05. The molecule has 3 rings (SSSR count). The number of carbonyl (C=O) groups excluding carboxylic acids is 1. The van der Waals surface area contributed by atoms with Gasteiger partial charge in [-0.1, -0.05) is 18.2 Å². The smallest absolute Gasteiger partial charge is 0.319 e. The Kier molecular flexibility index (Phi) is 4.10. The van der Waals surface area contributed by atoms with E-state index in [1.165, 1.54) is 0 Å². The van der Waals surface area contributed by atoms with Crippen LogP contribution >= 0.6 is 0 Å². The molecule has 6 nitrogen and oxygen atoms in total. The molecule has 0 aliphatic carbocycles. The van der Waals surface area contributed by atoms with Gasteiger partial charge in [0.25, 0.3) is 0 Å². The van der Waals surface area contributed by atoms with E-state index in [0.717, 1.165) is 11.3 Å². The number of amides is 2. The molecule has 6 heteroatoms. The standard InChI is InChI=1S/C16H15N5O/c22-16(18-10-13-6-8-17-9-7-13)20-14-11-19-21(12-14)15-4-2-1-3-5-15/h1-9,11-12H,10H2,(H2,18,20,22). The molecular formula is C16H15N5O. The Bertz CT molecular complexity index is 739. The van der Waals surface area contributed by atoms with Crippen molar-refractivity contribution in [3.05, 3.63) is 72.8 Å². The Morgan fingerprint density at radius 3 is 2.64 bits per heavy atom. The Morgan fingerprint density at radius 2 is 1.86 bits per heavy atom. The molecule has 0 aliphatic rings. The summed E-state index contributed by atoms with van der Waals surface area (Å²) in [5.41, 5.74) is 2.56. The van der Waals surface area contributed by atoms with Gasteiger partial charge in [-0.15, -0.1) is 0 Å². The predicted molar refractivity (Wildman–Crippen MR) is 83.7 cm³/mol. The highest BCUT2D eigenvalue weighted by atomic mass is 16.2. The number of nitrogens with one attached hydrogen (secondary N) is 2. The third kappa shape index (κ3) is 3.49. The number of benzene rings is 1. The van der Waals surface area contributed by atoms with Crippen molar-refractivity contribution in [2.24, 2.45) is 0 Å². The average molecular weight is 293 g/mol. The van der Waals surface area contributed by atoms with Gasteiger partial charge < -0.3 is 10.6 Å². The summed E-state index contributed by atoms with van der Waals surface area (Å²) in [5, 5.41) is 9.76. The zero-order valence-electron chi connectivity index (χ0n) is 11.8. The third-order valence-electron chi connectivity index (χ3n) is 3.06. The zero-order valence-corrected chi connectivity index (χ0v) is 11.8. The topological polar surface area (TPSA) is 71.8 Å². The summed E-state index contributed by atoms with van der Waals surface area (Å²) >= 11 is 0. The molecule has 0 aliphatic heterocycles. The first-order valence-electron chi connectivity index (χ1n) is 6.85. The van der Waals surface area contributed by atoms with Crippen molar-refractivity contribution < 1.29 is 4.79 Å². The number of nitrogens with zero attached hydrogens (tertiary/aromatic N) is 3. The molecule has 2 amide bonds. The van der Waals surface area contributed by atoms with Gasteiger partial charge in [-0.3, -0.25) is 4.98 Å². The van der Waals surface area contributed by atoms with E-state index >= 15 is 0 Å². The summed E-state index contributed by atoms with van der Waals surface area (Å²) in [4.78, 5) is 15.8. The summed E-state index contributed by atoms with van der Waals surface area (Å²) in [5.74, 6) is 0. The van der Waals surface area contributed by atoms with Crippen LogP contribution in [-0.4, -0.2) is 20.8 Å². The van der Waals surface area contributed by atoms with E-state index < -0.39 is 0 Å². The molecule has 0 fully saturated rings. The Hall–Kier alpha value is -3.15. The number of hydrogen-bond acceptors (Lipinski definition) is 3. The first-order valence-corrected chi connectivity index (χ1v) is 6.85. The second-order valence-corrected chi connectivity index (χ2v) is 4.67. The summed E-state index contributed by atoms with van der Waals surface area (Å²) < 4.78 is 1.71. The van der Waals surface area contributed by atoms with Crippen molar-refractivity contribution in [3.8, 4) is 5.69 Å². The van der Waals surface area contributed by atoms with Gasteiger partial charge in [0, 0.05) is 18.9 Å². The lowest BCUT2D eigenvalue weighted by atomic mass is 10.3. The molecule has 0 bridgehead atoms. The van der Waals surface area contributed by atoms with Gasteiger partial charge in [-0.25, -0.2) is 9.48 Å². The van der Waals surface area contributed by atoms with Gasteiger partial charge in [0.15, 0.2) is 0 Å². The van der Waals surface area contributed by atoms with Crippen LogP contribution in [0.15, 0.2) is 67.3 Å². The average Bonchev–Trinajstić information content (AvgIpc) is 3.03. The quantitative estimate of drug-likeness (QED) is 0.776. The number of aromatic nitrogens is 3. The number of urea groups is 1. The highest BCUT2D eigenvalue weighted by molar-refractivity contribution is 5.88. The third-order valence-corrected chi connectivity index (χ3v) is 3.06. The Balaban J connectivity index is 1.57. The van der Waals surface area contributed by atoms with Crippen LogP contribution in [0.3, 0.4) is 0 Å². The number of hydrogen-bond donors (Lipinski definition) is 2. The molecule has 0 atom stereocenters. The zero-order chi connectivity index (χ0) is 15.2. The minimum Gasteiger partial charge on any atom is -0.334 e. The highest BCUT2D eigenvalue weighted by Gasteiger charge is 2.05. The first-order chi connectivity index (χ1) is 10.8. The Morgan fingerprint density at radius 1 is 1.09 bits per heavy atom. The monoisotopic (exact) mass is 293 g/mol.